The molecule has 6 rings (SSSR count). The van der Waals surface area contributed by atoms with E-state index in [1.807, 2.05) is 60.7 Å². The van der Waals surface area contributed by atoms with Crippen molar-refractivity contribution in [1.82, 2.24) is 15.5 Å². The van der Waals surface area contributed by atoms with Gasteiger partial charge in [-0.1, -0.05) is 72.8 Å². The third-order valence-corrected chi connectivity index (χ3v) is 9.38. The molecule has 1 aliphatic rings. The van der Waals surface area contributed by atoms with Gasteiger partial charge in [0.05, 0.1) is 12.7 Å². The van der Waals surface area contributed by atoms with Crippen molar-refractivity contribution < 1.29 is 47.3 Å². The summed E-state index contributed by atoms with van der Waals surface area (Å²) in [7, 11) is 0. The van der Waals surface area contributed by atoms with Gasteiger partial charge in [-0.15, -0.1) is 0 Å². The van der Waals surface area contributed by atoms with Crippen molar-refractivity contribution in [3.05, 3.63) is 137 Å². The molecule has 4 aromatic carbocycles. The normalized spacial score (nSPS) is 13.2. The van der Waals surface area contributed by atoms with Crippen LogP contribution < -0.4 is 16.0 Å². The van der Waals surface area contributed by atoms with Crippen molar-refractivity contribution in [1.29, 1.82) is 5.41 Å². The molecule has 15 heteroatoms. The molecule has 0 bridgehead atoms. The van der Waals surface area contributed by atoms with Gasteiger partial charge >= 0.3 is 18.2 Å². The molecule has 1 atom stereocenters. The molecular weight excluding hydrogens is 759 g/mol. The Kier molecular flexibility index (Phi) is 14.4. The van der Waals surface area contributed by atoms with Crippen molar-refractivity contribution in [2.24, 2.45) is 0 Å². The highest BCUT2D eigenvalue weighted by Crippen LogP contribution is 2.23. The zero-order valence-corrected chi connectivity index (χ0v) is 32.4. The van der Waals surface area contributed by atoms with Crippen molar-refractivity contribution in [2.75, 3.05) is 31.6 Å². The summed E-state index contributed by atoms with van der Waals surface area (Å²) >= 11 is 0. The van der Waals surface area contributed by atoms with Gasteiger partial charge in [-0.25, -0.2) is 14.4 Å². The second-order valence-electron chi connectivity index (χ2n) is 13.7. The summed E-state index contributed by atoms with van der Waals surface area (Å²) < 4.78 is 27.4. The Balaban J connectivity index is 0.952. The van der Waals surface area contributed by atoms with Crippen LogP contribution in [0.3, 0.4) is 0 Å². The lowest BCUT2D eigenvalue weighted by molar-refractivity contribution is -0.148. The van der Waals surface area contributed by atoms with E-state index in [-0.39, 0.29) is 50.5 Å². The van der Waals surface area contributed by atoms with E-state index in [2.05, 4.69) is 16.0 Å². The van der Waals surface area contributed by atoms with E-state index in [1.54, 1.807) is 54.3 Å². The maximum atomic E-state index is 13.1. The molecule has 1 saturated heterocycles. The molecule has 0 radical (unpaired) electrons. The van der Waals surface area contributed by atoms with Crippen LogP contribution in [-0.4, -0.2) is 79.2 Å². The molecular formula is C44H45N5O10. The molecule has 0 aliphatic carbocycles. The summed E-state index contributed by atoms with van der Waals surface area (Å²) in [5.74, 6) is -1.74. The van der Waals surface area contributed by atoms with Crippen LogP contribution >= 0.6 is 0 Å². The first kappa shape index (κ1) is 41.6. The zero-order valence-electron chi connectivity index (χ0n) is 32.4. The van der Waals surface area contributed by atoms with Gasteiger partial charge in [0, 0.05) is 36.1 Å². The summed E-state index contributed by atoms with van der Waals surface area (Å²) in [5, 5.41) is 16.8. The van der Waals surface area contributed by atoms with E-state index in [0.29, 0.717) is 53.7 Å². The number of ether oxygens (including phenoxy) is 4. The van der Waals surface area contributed by atoms with Crippen molar-refractivity contribution >= 4 is 52.5 Å². The predicted octanol–water partition coefficient (Wildman–Crippen LogP) is 6.35. The second-order valence-corrected chi connectivity index (χ2v) is 13.7. The first-order valence-electron chi connectivity index (χ1n) is 19.2. The number of rotatable bonds is 15. The number of benzene rings is 4. The molecule has 5 aromatic rings. The Hall–Kier alpha value is -7.00. The second kappa shape index (κ2) is 20.4. The number of amides is 4. The van der Waals surface area contributed by atoms with Gasteiger partial charge in [0.25, 0.3) is 5.91 Å². The molecule has 59 heavy (non-hydrogen) atoms. The highest BCUT2D eigenvalue weighted by atomic mass is 16.6. The van der Waals surface area contributed by atoms with Gasteiger partial charge in [0.1, 0.15) is 37.3 Å². The molecule has 0 unspecified atom stereocenters. The Morgan fingerprint density at radius 2 is 1.46 bits per heavy atom. The number of anilines is 1. The van der Waals surface area contributed by atoms with Gasteiger partial charge in [-0.2, -0.15) is 0 Å². The van der Waals surface area contributed by atoms with Gasteiger partial charge in [0.2, 0.25) is 5.91 Å². The summed E-state index contributed by atoms with van der Waals surface area (Å²) in [4.78, 5) is 65.2. The van der Waals surface area contributed by atoms with Crippen LogP contribution in [0.1, 0.15) is 52.6 Å². The first-order chi connectivity index (χ1) is 28.6. The first-order valence-corrected chi connectivity index (χ1v) is 19.2. The topological polar surface area (TPSA) is 199 Å². The van der Waals surface area contributed by atoms with E-state index in [0.717, 1.165) is 11.1 Å². The predicted molar refractivity (Wildman–Crippen MR) is 217 cm³/mol. The highest BCUT2D eigenvalue weighted by molar-refractivity contribution is 6.08. The van der Waals surface area contributed by atoms with Crippen LogP contribution in [0.4, 0.5) is 15.3 Å². The maximum absolute atomic E-state index is 13.1. The third kappa shape index (κ3) is 12.2. The average molecular weight is 804 g/mol. The fourth-order valence-corrected chi connectivity index (χ4v) is 6.28. The van der Waals surface area contributed by atoms with Crippen molar-refractivity contribution in [3.8, 4) is 0 Å². The Morgan fingerprint density at radius 3 is 2.12 bits per heavy atom. The van der Waals surface area contributed by atoms with Crippen molar-refractivity contribution in [3.63, 3.8) is 0 Å². The van der Waals surface area contributed by atoms with Gasteiger partial charge < -0.3 is 38.9 Å². The summed E-state index contributed by atoms with van der Waals surface area (Å²) in [6.45, 7) is 2.66. The number of carbonyl (C=O) groups is 5. The Morgan fingerprint density at radius 1 is 0.797 bits per heavy atom. The number of furan rings is 1. The summed E-state index contributed by atoms with van der Waals surface area (Å²) in [5.41, 5.74) is 3.67. The number of esters is 1. The minimum Gasteiger partial charge on any atom is -0.464 e. The fourth-order valence-electron chi connectivity index (χ4n) is 6.28. The van der Waals surface area contributed by atoms with E-state index in [1.165, 1.54) is 6.07 Å². The molecule has 1 aliphatic heterocycles. The van der Waals surface area contributed by atoms with Gasteiger partial charge in [-0.3, -0.25) is 20.3 Å². The van der Waals surface area contributed by atoms with Crippen LogP contribution in [0.15, 0.2) is 114 Å². The molecule has 4 amide bonds. The minimum atomic E-state index is -0.982. The number of piperidine rings is 1. The molecule has 15 nitrogen and oxygen atoms in total. The van der Waals surface area contributed by atoms with Crippen molar-refractivity contribution in [2.45, 2.75) is 51.5 Å². The lowest BCUT2D eigenvalue weighted by Gasteiger charge is -2.31. The monoisotopic (exact) mass is 803 g/mol. The van der Waals surface area contributed by atoms with Crippen LogP contribution in [-0.2, 0) is 48.2 Å². The number of nitrogens with zero attached hydrogens (tertiary/aromatic N) is 1. The summed E-state index contributed by atoms with van der Waals surface area (Å²) in [6, 6.07) is 30.7. The van der Waals surface area contributed by atoms with E-state index >= 15 is 0 Å². The van der Waals surface area contributed by atoms with Crippen LogP contribution in [0.2, 0.25) is 0 Å². The largest absolute Gasteiger partial charge is 0.464 e. The fraction of sp³-hybridized carbons (Fsp3) is 0.273. The quantitative estimate of drug-likeness (QED) is 0.0401. The molecule has 1 aromatic heterocycles. The Bertz CT molecular complexity index is 2240. The molecule has 306 valence electrons. The number of hydrogen-bond donors (Lipinski definition) is 4. The standard InChI is InChI=1S/C44H45N5O10/c1-2-55-42(52)36(47-39(50)28-56-35-19-21-49(22-20-35)44(54)58-27-31-11-7-4-8-12-31)23-29-13-16-34(17-14-29)46-41(51)38-25-33-24-32(15-18-37(33)59-38)40(45)48-43(53)57-26-30-9-5-3-6-10-30/h3-18,24-25,35-36H,2,19-23,26-28H2,1H3,(H,46,51)(H,47,50)(H2,45,48,53)/t36-/m0/s1. The minimum absolute atomic E-state index is 0.0298. The average Bonchev–Trinajstić information content (AvgIpc) is 3.70. The number of alkyl carbamates (subject to hydrolysis) is 1. The smallest absolute Gasteiger partial charge is 0.413 e. The van der Waals surface area contributed by atoms with E-state index in [4.69, 9.17) is 28.8 Å². The zero-order chi connectivity index (χ0) is 41.6. The number of carbonyl (C=O) groups excluding carboxylic acids is 5. The molecule has 2 heterocycles. The maximum Gasteiger partial charge on any atom is 0.413 e. The van der Waals surface area contributed by atoms with Crippen LogP contribution in [0, 0.1) is 5.41 Å². The number of nitrogens with one attached hydrogen (secondary N) is 4. The lowest BCUT2D eigenvalue weighted by atomic mass is 10.1. The molecule has 0 spiro atoms. The number of fused-ring (bicyclic) bond motifs is 1. The number of amidine groups is 1. The SMILES string of the molecule is CCOC(=O)[C@H](Cc1ccc(NC(=O)c2cc3cc(C(=N)NC(=O)OCc4ccccc4)ccc3o2)cc1)NC(=O)COC1CCN(C(=O)OCc2ccccc2)CC1. The van der Waals surface area contributed by atoms with Crippen LogP contribution in [0.5, 0.6) is 0 Å². The van der Waals surface area contributed by atoms with Gasteiger partial charge in [0.15, 0.2) is 5.76 Å². The highest BCUT2D eigenvalue weighted by Gasteiger charge is 2.27. The number of hydrogen-bond acceptors (Lipinski definition) is 11. The molecule has 4 N–H and O–H groups in total. The van der Waals surface area contributed by atoms with Crippen LogP contribution in [0.25, 0.3) is 11.0 Å². The summed E-state index contributed by atoms with van der Waals surface area (Å²) in [6.07, 6.45) is -0.202. The molecule has 1 fully saturated rings. The van der Waals surface area contributed by atoms with E-state index < -0.39 is 36.0 Å². The van der Waals surface area contributed by atoms with E-state index in [9.17, 15) is 24.0 Å². The number of likely N-dealkylation sites (tertiary alicyclic amines) is 1. The third-order valence-electron chi connectivity index (χ3n) is 9.38. The lowest BCUT2D eigenvalue weighted by Crippen LogP contribution is -2.46. The Labute approximate surface area is 340 Å². The van der Waals surface area contributed by atoms with Gasteiger partial charge in [-0.05, 0) is 72.9 Å². The molecule has 0 saturated carbocycles.